The van der Waals surface area contributed by atoms with Crippen molar-refractivity contribution >= 4 is 17.3 Å². The summed E-state index contributed by atoms with van der Waals surface area (Å²) in [5.41, 5.74) is 0.158. The van der Waals surface area contributed by atoms with Gasteiger partial charge in [0.05, 0.1) is 4.92 Å². The van der Waals surface area contributed by atoms with Gasteiger partial charge in [0, 0.05) is 23.9 Å². The Balaban J connectivity index is 2.02. The maximum atomic E-state index is 13.0. The molecule has 2 aromatic carbocycles. The molecule has 0 spiro atoms. The molecule has 0 saturated carbocycles. The van der Waals surface area contributed by atoms with Gasteiger partial charge in [-0.15, -0.1) is 0 Å². The first kappa shape index (κ1) is 15.4. The summed E-state index contributed by atoms with van der Waals surface area (Å²) in [5, 5.41) is 13.2. The van der Waals surface area contributed by atoms with E-state index < -0.39 is 22.8 Å². The monoisotopic (exact) mass is 304 g/mol. The third kappa shape index (κ3) is 4.02. The molecule has 22 heavy (non-hydrogen) atoms. The van der Waals surface area contributed by atoms with Gasteiger partial charge in [0.1, 0.15) is 11.6 Å². The lowest BCUT2D eigenvalue weighted by atomic mass is 10.2. The first-order chi connectivity index (χ1) is 10.5. The zero-order valence-electron chi connectivity index (χ0n) is 11.7. The van der Waals surface area contributed by atoms with Crippen LogP contribution in [0.2, 0.25) is 0 Å². The summed E-state index contributed by atoms with van der Waals surface area (Å²) in [4.78, 5) is 22.1. The van der Waals surface area contributed by atoms with Gasteiger partial charge in [0.2, 0.25) is 0 Å². The highest BCUT2D eigenvalue weighted by atomic mass is 19.1. The van der Waals surface area contributed by atoms with Crippen LogP contribution in [0.1, 0.15) is 6.92 Å². The minimum absolute atomic E-state index is 0.128. The molecule has 0 aliphatic carbocycles. The number of nitrogens with one attached hydrogen (secondary N) is 1. The number of halogens is 1. The number of rotatable bonds is 5. The summed E-state index contributed by atoms with van der Waals surface area (Å²) in [6.07, 6.45) is -0.888. The quantitative estimate of drug-likeness (QED) is 0.679. The van der Waals surface area contributed by atoms with Gasteiger partial charge in [0.25, 0.3) is 11.6 Å². The molecule has 0 aliphatic rings. The molecule has 1 amide bonds. The van der Waals surface area contributed by atoms with Crippen LogP contribution in [0.3, 0.4) is 0 Å². The van der Waals surface area contributed by atoms with E-state index in [4.69, 9.17) is 4.74 Å². The molecule has 1 unspecified atom stereocenters. The van der Waals surface area contributed by atoms with E-state index in [0.717, 1.165) is 6.07 Å². The molecule has 0 heterocycles. The fourth-order valence-electron chi connectivity index (χ4n) is 1.74. The van der Waals surface area contributed by atoms with Gasteiger partial charge in [0.15, 0.2) is 6.10 Å². The van der Waals surface area contributed by atoms with Crippen LogP contribution in [0.25, 0.3) is 0 Å². The number of nitro groups is 1. The first-order valence-corrected chi connectivity index (χ1v) is 6.43. The largest absolute Gasteiger partial charge is 0.481 e. The van der Waals surface area contributed by atoms with Gasteiger partial charge < -0.3 is 10.1 Å². The van der Waals surface area contributed by atoms with Crippen molar-refractivity contribution in [1.82, 2.24) is 0 Å². The number of carbonyl (C=O) groups is 1. The fourth-order valence-corrected chi connectivity index (χ4v) is 1.74. The van der Waals surface area contributed by atoms with Crippen LogP contribution in [0.4, 0.5) is 15.8 Å². The highest BCUT2D eigenvalue weighted by Crippen LogP contribution is 2.18. The SMILES string of the molecule is CC(Oc1cccc(F)c1)C(=O)Nc1cccc([N+](=O)[O-])c1. The van der Waals surface area contributed by atoms with E-state index in [1.54, 1.807) is 0 Å². The number of benzene rings is 2. The molecule has 0 aromatic heterocycles. The van der Waals surface area contributed by atoms with Gasteiger partial charge >= 0.3 is 0 Å². The molecule has 0 fully saturated rings. The normalized spacial score (nSPS) is 11.5. The van der Waals surface area contributed by atoms with Crippen molar-refractivity contribution in [2.45, 2.75) is 13.0 Å². The van der Waals surface area contributed by atoms with Crippen molar-refractivity contribution in [3.8, 4) is 5.75 Å². The minimum atomic E-state index is -0.888. The number of non-ortho nitro benzene ring substituents is 1. The topological polar surface area (TPSA) is 81.5 Å². The summed E-state index contributed by atoms with van der Waals surface area (Å²) in [5.74, 6) is -0.741. The zero-order valence-corrected chi connectivity index (χ0v) is 11.7. The molecule has 2 rings (SSSR count). The Kier molecular flexibility index (Phi) is 4.67. The molecule has 1 atom stereocenters. The first-order valence-electron chi connectivity index (χ1n) is 6.43. The molecule has 0 saturated heterocycles. The van der Waals surface area contributed by atoms with E-state index in [1.165, 1.54) is 49.4 Å². The average molecular weight is 304 g/mol. The van der Waals surface area contributed by atoms with E-state index in [9.17, 15) is 19.3 Å². The van der Waals surface area contributed by atoms with Crippen molar-refractivity contribution in [3.05, 3.63) is 64.5 Å². The summed E-state index contributed by atoms with van der Waals surface area (Å²) < 4.78 is 18.4. The van der Waals surface area contributed by atoms with Gasteiger partial charge in [-0.1, -0.05) is 12.1 Å². The summed E-state index contributed by atoms with van der Waals surface area (Å²) in [7, 11) is 0. The third-order valence-electron chi connectivity index (χ3n) is 2.80. The molecular weight excluding hydrogens is 291 g/mol. The van der Waals surface area contributed by atoms with Crippen molar-refractivity contribution in [2.24, 2.45) is 0 Å². The van der Waals surface area contributed by atoms with Crippen molar-refractivity contribution in [2.75, 3.05) is 5.32 Å². The van der Waals surface area contributed by atoms with Crippen molar-refractivity contribution in [3.63, 3.8) is 0 Å². The number of nitrogens with zero attached hydrogens (tertiary/aromatic N) is 1. The van der Waals surface area contributed by atoms with Gasteiger partial charge in [-0.2, -0.15) is 0 Å². The van der Waals surface area contributed by atoms with E-state index in [0.29, 0.717) is 0 Å². The molecular formula is C15H13FN2O4. The van der Waals surface area contributed by atoms with Crippen LogP contribution >= 0.6 is 0 Å². The number of hydrogen-bond acceptors (Lipinski definition) is 4. The molecule has 7 heteroatoms. The predicted octanol–water partition coefficient (Wildman–Crippen LogP) is 3.14. The second kappa shape index (κ2) is 6.66. The molecule has 6 nitrogen and oxygen atoms in total. The van der Waals surface area contributed by atoms with E-state index in [1.807, 2.05) is 0 Å². The number of ether oxygens (including phenoxy) is 1. The zero-order chi connectivity index (χ0) is 16.1. The molecule has 0 aliphatic heterocycles. The average Bonchev–Trinajstić information content (AvgIpc) is 2.47. The highest BCUT2D eigenvalue weighted by molar-refractivity contribution is 5.94. The molecule has 0 bridgehead atoms. The molecule has 114 valence electrons. The van der Waals surface area contributed by atoms with Crippen molar-refractivity contribution in [1.29, 1.82) is 0 Å². The Hall–Kier alpha value is -2.96. The van der Waals surface area contributed by atoms with Gasteiger partial charge in [-0.25, -0.2) is 4.39 Å². The van der Waals surface area contributed by atoms with Crippen LogP contribution in [0.15, 0.2) is 48.5 Å². The van der Waals surface area contributed by atoms with E-state index in [-0.39, 0.29) is 17.1 Å². The Bertz CT molecular complexity index is 705. The van der Waals surface area contributed by atoms with E-state index >= 15 is 0 Å². The van der Waals surface area contributed by atoms with Crippen LogP contribution in [-0.2, 0) is 4.79 Å². The molecule has 1 N–H and O–H groups in total. The minimum Gasteiger partial charge on any atom is -0.481 e. The number of anilines is 1. The molecule has 2 aromatic rings. The lowest BCUT2D eigenvalue weighted by Gasteiger charge is -2.14. The number of amides is 1. The van der Waals surface area contributed by atoms with Crippen LogP contribution in [-0.4, -0.2) is 16.9 Å². The maximum absolute atomic E-state index is 13.0. The smallest absolute Gasteiger partial charge is 0.271 e. The lowest BCUT2D eigenvalue weighted by molar-refractivity contribution is -0.384. The number of hydrogen-bond donors (Lipinski definition) is 1. The second-order valence-electron chi connectivity index (χ2n) is 4.51. The Morgan fingerprint density at radius 3 is 2.68 bits per heavy atom. The highest BCUT2D eigenvalue weighted by Gasteiger charge is 2.16. The van der Waals surface area contributed by atoms with Crippen LogP contribution in [0, 0.1) is 15.9 Å². The Morgan fingerprint density at radius 2 is 2.00 bits per heavy atom. The standard InChI is InChI=1S/C15H13FN2O4/c1-10(22-14-7-2-4-11(16)8-14)15(19)17-12-5-3-6-13(9-12)18(20)21/h2-10H,1H3,(H,17,19). The van der Waals surface area contributed by atoms with Crippen LogP contribution < -0.4 is 10.1 Å². The predicted molar refractivity (Wildman–Crippen MR) is 78.2 cm³/mol. The lowest BCUT2D eigenvalue weighted by Crippen LogP contribution is -2.30. The summed E-state index contributed by atoms with van der Waals surface area (Å²) in [6, 6.07) is 11.0. The third-order valence-corrected chi connectivity index (χ3v) is 2.80. The maximum Gasteiger partial charge on any atom is 0.271 e. The van der Waals surface area contributed by atoms with Gasteiger partial charge in [-0.3, -0.25) is 14.9 Å². The second-order valence-corrected chi connectivity index (χ2v) is 4.51. The van der Waals surface area contributed by atoms with Crippen LogP contribution in [0.5, 0.6) is 5.75 Å². The summed E-state index contributed by atoms with van der Waals surface area (Å²) >= 11 is 0. The fraction of sp³-hybridized carbons (Fsp3) is 0.133. The molecule has 0 radical (unpaired) electrons. The van der Waals surface area contributed by atoms with Crippen molar-refractivity contribution < 1.29 is 18.8 Å². The Morgan fingerprint density at radius 1 is 1.27 bits per heavy atom. The number of carbonyl (C=O) groups excluding carboxylic acids is 1. The van der Waals surface area contributed by atoms with Gasteiger partial charge in [-0.05, 0) is 25.1 Å². The van der Waals surface area contributed by atoms with E-state index in [2.05, 4.69) is 5.32 Å². The summed E-state index contributed by atoms with van der Waals surface area (Å²) in [6.45, 7) is 1.50. The Labute approximate surface area is 125 Å². The number of nitro benzene ring substituents is 1.